The fourth-order valence-corrected chi connectivity index (χ4v) is 4.94. The summed E-state index contributed by atoms with van der Waals surface area (Å²) < 4.78 is 0. The van der Waals surface area contributed by atoms with Crippen molar-refractivity contribution >= 4 is 34.4 Å². The highest BCUT2D eigenvalue weighted by atomic mass is 32.1. The van der Waals surface area contributed by atoms with Crippen LogP contribution in [0.1, 0.15) is 17.4 Å². The lowest BCUT2D eigenvalue weighted by molar-refractivity contribution is 0.0924. The number of pyridine rings is 1. The minimum atomic E-state index is -0.0984. The lowest BCUT2D eigenvalue weighted by Gasteiger charge is -2.36. The maximum atomic E-state index is 12.5. The van der Waals surface area contributed by atoms with Crippen LogP contribution >= 0.6 is 22.7 Å². The molecule has 1 N–H and O–H groups in total. The highest BCUT2D eigenvalue weighted by Crippen LogP contribution is 2.27. The van der Waals surface area contributed by atoms with Gasteiger partial charge in [-0.2, -0.15) is 0 Å². The van der Waals surface area contributed by atoms with Crippen LogP contribution < -0.4 is 10.2 Å². The zero-order valence-electron chi connectivity index (χ0n) is 15.7. The van der Waals surface area contributed by atoms with Crippen molar-refractivity contribution in [2.45, 2.75) is 13.0 Å². The van der Waals surface area contributed by atoms with Crippen LogP contribution in [0.5, 0.6) is 0 Å². The molecule has 1 fully saturated rings. The predicted octanol–water partition coefficient (Wildman–Crippen LogP) is 3.21. The molecular formula is C20H23N5OS2. The molecule has 0 saturated carbocycles. The van der Waals surface area contributed by atoms with E-state index in [4.69, 9.17) is 0 Å². The molecule has 1 aliphatic heterocycles. The SMILES string of the molecule is CC(CN1CCN(c2ccccn2)CC1)NC(=O)c1csc(-c2cccs2)n1. The molecule has 1 saturated heterocycles. The van der Waals surface area contributed by atoms with Gasteiger partial charge in [0.15, 0.2) is 0 Å². The van der Waals surface area contributed by atoms with Crippen LogP contribution in [-0.2, 0) is 0 Å². The number of hydrogen-bond donors (Lipinski definition) is 1. The van der Waals surface area contributed by atoms with Gasteiger partial charge in [-0.05, 0) is 30.5 Å². The van der Waals surface area contributed by atoms with E-state index in [1.807, 2.05) is 41.2 Å². The molecule has 8 heteroatoms. The number of rotatable bonds is 6. The zero-order chi connectivity index (χ0) is 19.3. The van der Waals surface area contributed by atoms with E-state index in [2.05, 4.69) is 38.1 Å². The first kappa shape index (κ1) is 19.0. The third kappa shape index (κ3) is 4.57. The summed E-state index contributed by atoms with van der Waals surface area (Å²) >= 11 is 3.15. The molecule has 6 nitrogen and oxygen atoms in total. The molecule has 3 aromatic heterocycles. The summed E-state index contributed by atoms with van der Waals surface area (Å²) in [5, 5.41) is 7.84. The van der Waals surface area contributed by atoms with E-state index in [0.717, 1.165) is 48.4 Å². The number of thiazole rings is 1. The Morgan fingerprint density at radius 3 is 2.75 bits per heavy atom. The minimum Gasteiger partial charge on any atom is -0.354 e. The zero-order valence-corrected chi connectivity index (χ0v) is 17.4. The van der Waals surface area contributed by atoms with Gasteiger partial charge in [0.25, 0.3) is 5.91 Å². The van der Waals surface area contributed by atoms with Crippen molar-refractivity contribution in [2.24, 2.45) is 0 Å². The predicted molar refractivity (Wildman–Crippen MR) is 115 cm³/mol. The smallest absolute Gasteiger partial charge is 0.271 e. The van der Waals surface area contributed by atoms with Crippen LogP contribution in [0.2, 0.25) is 0 Å². The van der Waals surface area contributed by atoms with Gasteiger partial charge in [-0.1, -0.05) is 12.1 Å². The Bertz CT molecular complexity index is 888. The standard InChI is InChI=1S/C20H23N5OS2/c1-15(13-24-8-10-25(11-9-24)18-6-2-3-7-21-18)22-19(26)16-14-28-20(23-16)17-5-4-12-27-17/h2-7,12,14-15H,8-11,13H2,1H3,(H,22,26). The van der Waals surface area contributed by atoms with Crippen molar-refractivity contribution in [3.05, 3.63) is 53.0 Å². The summed E-state index contributed by atoms with van der Waals surface area (Å²) in [4.78, 5) is 27.2. The summed E-state index contributed by atoms with van der Waals surface area (Å²) in [7, 11) is 0. The highest BCUT2D eigenvalue weighted by Gasteiger charge is 2.21. The Balaban J connectivity index is 1.26. The van der Waals surface area contributed by atoms with Crippen LogP contribution in [-0.4, -0.2) is 59.5 Å². The third-order valence-electron chi connectivity index (χ3n) is 4.72. The minimum absolute atomic E-state index is 0.0702. The van der Waals surface area contributed by atoms with Crippen molar-refractivity contribution < 1.29 is 4.79 Å². The number of amides is 1. The average Bonchev–Trinajstić information content (AvgIpc) is 3.41. The van der Waals surface area contributed by atoms with Crippen LogP contribution in [0.25, 0.3) is 9.88 Å². The average molecular weight is 414 g/mol. The van der Waals surface area contributed by atoms with E-state index >= 15 is 0 Å². The number of thiophene rings is 1. The number of nitrogens with one attached hydrogen (secondary N) is 1. The molecule has 1 atom stereocenters. The summed E-state index contributed by atoms with van der Waals surface area (Å²) in [5.74, 6) is 0.937. The molecule has 1 amide bonds. The number of hydrogen-bond acceptors (Lipinski definition) is 7. The summed E-state index contributed by atoms with van der Waals surface area (Å²) in [6.07, 6.45) is 1.83. The summed E-state index contributed by atoms with van der Waals surface area (Å²) in [6.45, 7) is 6.73. The van der Waals surface area contributed by atoms with Gasteiger partial charge < -0.3 is 10.2 Å². The van der Waals surface area contributed by atoms with Gasteiger partial charge >= 0.3 is 0 Å². The molecule has 0 spiro atoms. The number of carbonyl (C=O) groups is 1. The Kier molecular flexibility index (Phi) is 5.99. The van der Waals surface area contributed by atoms with Crippen molar-refractivity contribution in [1.82, 2.24) is 20.2 Å². The molecule has 0 bridgehead atoms. The van der Waals surface area contributed by atoms with Crippen molar-refractivity contribution in [3.8, 4) is 9.88 Å². The second-order valence-corrected chi connectivity index (χ2v) is 8.67. The van der Waals surface area contributed by atoms with Crippen LogP contribution in [0.3, 0.4) is 0 Å². The molecule has 3 aromatic rings. The van der Waals surface area contributed by atoms with E-state index in [9.17, 15) is 4.79 Å². The fourth-order valence-electron chi connectivity index (χ4n) is 3.32. The molecule has 28 heavy (non-hydrogen) atoms. The van der Waals surface area contributed by atoms with Gasteiger partial charge in [0.2, 0.25) is 0 Å². The number of piperazine rings is 1. The number of anilines is 1. The number of aromatic nitrogens is 2. The van der Waals surface area contributed by atoms with Gasteiger partial charge in [0.1, 0.15) is 16.5 Å². The monoisotopic (exact) mass is 413 g/mol. The first-order chi connectivity index (χ1) is 13.7. The van der Waals surface area contributed by atoms with Gasteiger partial charge in [-0.25, -0.2) is 9.97 Å². The van der Waals surface area contributed by atoms with E-state index in [-0.39, 0.29) is 11.9 Å². The van der Waals surface area contributed by atoms with E-state index in [1.165, 1.54) is 11.3 Å². The lowest BCUT2D eigenvalue weighted by atomic mass is 10.2. The second-order valence-electron chi connectivity index (χ2n) is 6.87. The molecule has 0 radical (unpaired) electrons. The Morgan fingerprint density at radius 2 is 2.04 bits per heavy atom. The Labute approximate surface area is 172 Å². The van der Waals surface area contributed by atoms with Crippen molar-refractivity contribution in [1.29, 1.82) is 0 Å². The molecule has 1 aliphatic rings. The lowest BCUT2D eigenvalue weighted by Crippen LogP contribution is -2.51. The van der Waals surface area contributed by atoms with Crippen LogP contribution in [0.15, 0.2) is 47.3 Å². The fraction of sp³-hybridized carbons (Fsp3) is 0.350. The highest BCUT2D eigenvalue weighted by molar-refractivity contribution is 7.20. The van der Waals surface area contributed by atoms with Crippen molar-refractivity contribution in [3.63, 3.8) is 0 Å². The summed E-state index contributed by atoms with van der Waals surface area (Å²) in [5.41, 5.74) is 0.500. The van der Waals surface area contributed by atoms with Gasteiger partial charge in [0, 0.05) is 50.3 Å². The maximum Gasteiger partial charge on any atom is 0.271 e. The molecule has 0 aromatic carbocycles. The van der Waals surface area contributed by atoms with Gasteiger partial charge in [-0.15, -0.1) is 22.7 Å². The first-order valence-electron chi connectivity index (χ1n) is 9.37. The molecular weight excluding hydrogens is 390 g/mol. The van der Waals surface area contributed by atoms with Crippen LogP contribution in [0, 0.1) is 0 Å². The molecule has 4 heterocycles. The van der Waals surface area contributed by atoms with Crippen molar-refractivity contribution in [2.75, 3.05) is 37.6 Å². The number of carbonyl (C=O) groups excluding carboxylic acids is 1. The van der Waals surface area contributed by atoms with E-state index in [0.29, 0.717) is 5.69 Å². The normalized spacial score (nSPS) is 16.1. The Morgan fingerprint density at radius 1 is 1.18 bits per heavy atom. The third-order valence-corrected chi connectivity index (χ3v) is 6.61. The van der Waals surface area contributed by atoms with Gasteiger partial charge in [-0.3, -0.25) is 9.69 Å². The molecule has 146 valence electrons. The second kappa shape index (κ2) is 8.81. The first-order valence-corrected chi connectivity index (χ1v) is 11.1. The topological polar surface area (TPSA) is 61.4 Å². The van der Waals surface area contributed by atoms with Crippen LogP contribution in [0.4, 0.5) is 5.82 Å². The number of nitrogens with zero attached hydrogens (tertiary/aromatic N) is 4. The molecule has 0 aliphatic carbocycles. The molecule has 1 unspecified atom stereocenters. The van der Waals surface area contributed by atoms with Gasteiger partial charge in [0.05, 0.1) is 4.88 Å². The van der Waals surface area contributed by atoms with E-state index < -0.39 is 0 Å². The maximum absolute atomic E-state index is 12.5. The van der Waals surface area contributed by atoms with E-state index in [1.54, 1.807) is 11.3 Å². The largest absolute Gasteiger partial charge is 0.354 e. The quantitative estimate of drug-likeness (QED) is 0.672. The summed E-state index contributed by atoms with van der Waals surface area (Å²) in [6, 6.07) is 10.1. The Hall–Kier alpha value is -2.29. The molecule has 4 rings (SSSR count).